The summed E-state index contributed by atoms with van der Waals surface area (Å²) in [7, 11) is 0. The van der Waals surface area contributed by atoms with E-state index in [2.05, 4.69) is 10.1 Å². The molecule has 0 spiro atoms. The molecule has 0 bridgehead atoms. The zero-order valence-corrected chi connectivity index (χ0v) is 17.2. The summed E-state index contributed by atoms with van der Waals surface area (Å²) >= 11 is 8.09. The zero-order chi connectivity index (χ0) is 20.5. The molecule has 148 valence electrons. The molecule has 1 atom stereocenters. The summed E-state index contributed by atoms with van der Waals surface area (Å²) in [6.45, 7) is 1.97. The van der Waals surface area contributed by atoms with Crippen LogP contribution in [0.1, 0.15) is 42.0 Å². The van der Waals surface area contributed by atoms with Gasteiger partial charge in [0.05, 0.1) is 23.7 Å². The molecule has 4 rings (SSSR count). The SMILES string of the molecule is Cc1cccc2cc([C@H]3CC(c4ccsc4)=NN3C(=O)CCC(=O)O)c(Cl)nc12. The Labute approximate surface area is 176 Å². The first-order valence-electron chi connectivity index (χ1n) is 9.13. The smallest absolute Gasteiger partial charge is 0.303 e. The molecule has 2 aromatic heterocycles. The number of hydrogen-bond acceptors (Lipinski definition) is 5. The monoisotopic (exact) mass is 427 g/mol. The lowest BCUT2D eigenvalue weighted by Gasteiger charge is -2.23. The summed E-state index contributed by atoms with van der Waals surface area (Å²) in [4.78, 5) is 28.2. The molecular weight excluding hydrogens is 410 g/mol. The maximum atomic E-state index is 12.8. The summed E-state index contributed by atoms with van der Waals surface area (Å²) in [6, 6.07) is 9.37. The number of pyridine rings is 1. The highest BCUT2D eigenvalue weighted by molar-refractivity contribution is 7.08. The fourth-order valence-electron chi connectivity index (χ4n) is 3.49. The van der Waals surface area contributed by atoms with Crippen LogP contribution in [0.4, 0.5) is 0 Å². The first-order valence-corrected chi connectivity index (χ1v) is 10.5. The van der Waals surface area contributed by atoms with Gasteiger partial charge in [0.1, 0.15) is 5.15 Å². The van der Waals surface area contributed by atoms with Crippen LogP contribution in [-0.2, 0) is 9.59 Å². The van der Waals surface area contributed by atoms with Crippen LogP contribution < -0.4 is 0 Å². The average Bonchev–Trinajstić information content (AvgIpc) is 3.36. The summed E-state index contributed by atoms with van der Waals surface area (Å²) in [6.07, 6.45) is 0.131. The number of fused-ring (bicyclic) bond motifs is 1. The van der Waals surface area contributed by atoms with Crippen LogP contribution in [0.2, 0.25) is 5.15 Å². The van der Waals surface area contributed by atoms with Crippen molar-refractivity contribution in [3.05, 3.63) is 62.9 Å². The van der Waals surface area contributed by atoms with Gasteiger partial charge in [0, 0.05) is 29.4 Å². The Morgan fingerprint density at radius 1 is 1.31 bits per heavy atom. The Balaban J connectivity index is 1.74. The molecule has 3 heterocycles. The van der Waals surface area contributed by atoms with Gasteiger partial charge in [0.2, 0.25) is 5.91 Å². The van der Waals surface area contributed by atoms with Crippen LogP contribution >= 0.6 is 22.9 Å². The fourth-order valence-corrected chi connectivity index (χ4v) is 4.42. The number of amides is 1. The van der Waals surface area contributed by atoms with E-state index in [0.717, 1.165) is 27.7 Å². The number of carboxylic acid groups (broad SMARTS) is 1. The lowest BCUT2D eigenvalue weighted by atomic mass is 9.98. The minimum Gasteiger partial charge on any atom is -0.481 e. The second kappa shape index (κ2) is 7.93. The predicted octanol–water partition coefficient (Wildman–Crippen LogP) is 4.80. The van der Waals surface area contributed by atoms with Gasteiger partial charge in [-0.3, -0.25) is 9.59 Å². The maximum Gasteiger partial charge on any atom is 0.303 e. The minimum atomic E-state index is -1.02. The molecule has 1 amide bonds. The van der Waals surface area contributed by atoms with Gasteiger partial charge in [0.15, 0.2) is 0 Å². The first kappa shape index (κ1) is 19.5. The number of aromatic nitrogens is 1. The van der Waals surface area contributed by atoms with Crippen molar-refractivity contribution in [3.8, 4) is 0 Å². The van der Waals surface area contributed by atoms with Crippen LogP contribution in [0.15, 0.2) is 46.2 Å². The second-order valence-electron chi connectivity index (χ2n) is 6.93. The van der Waals surface area contributed by atoms with Crippen molar-refractivity contribution in [2.24, 2.45) is 5.10 Å². The highest BCUT2D eigenvalue weighted by Gasteiger charge is 2.35. The number of nitrogens with zero attached hydrogens (tertiary/aromatic N) is 3. The van der Waals surface area contributed by atoms with E-state index in [-0.39, 0.29) is 18.7 Å². The molecule has 1 aliphatic heterocycles. The van der Waals surface area contributed by atoms with Gasteiger partial charge >= 0.3 is 5.97 Å². The Morgan fingerprint density at radius 3 is 2.86 bits per heavy atom. The van der Waals surface area contributed by atoms with Crippen LogP contribution in [-0.4, -0.2) is 32.7 Å². The van der Waals surface area contributed by atoms with Gasteiger partial charge in [-0.15, -0.1) is 0 Å². The number of para-hydroxylation sites is 1. The number of benzene rings is 1. The first-order chi connectivity index (χ1) is 13.9. The number of rotatable bonds is 5. The molecule has 0 fully saturated rings. The molecule has 3 aromatic rings. The van der Waals surface area contributed by atoms with E-state index in [4.69, 9.17) is 16.7 Å². The van der Waals surface area contributed by atoms with E-state index in [1.165, 1.54) is 5.01 Å². The third-order valence-corrected chi connectivity index (χ3v) is 5.95. The average molecular weight is 428 g/mol. The van der Waals surface area contributed by atoms with Crippen molar-refractivity contribution in [1.29, 1.82) is 0 Å². The number of aryl methyl sites for hydroxylation is 1. The third-order valence-electron chi connectivity index (χ3n) is 4.96. The van der Waals surface area contributed by atoms with Crippen molar-refractivity contribution >= 4 is 51.4 Å². The Morgan fingerprint density at radius 2 is 2.14 bits per heavy atom. The van der Waals surface area contributed by atoms with Gasteiger partial charge in [-0.1, -0.05) is 29.8 Å². The molecule has 0 saturated heterocycles. The van der Waals surface area contributed by atoms with Gasteiger partial charge in [0.25, 0.3) is 0 Å². The number of carboxylic acids is 1. The molecule has 1 N–H and O–H groups in total. The standard InChI is InChI=1S/C21H18ClN3O3S/c1-12-3-2-4-13-9-15(21(22)23-20(12)13)17-10-16(14-7-8-29-11-14)24-25(17)18(26)5-6-19(27)28/h2-4,7-9,11,17H,5-6,10H2,1H3,(H,27,28)/t17-/m1/s1. The summed E-state index contributed by atoms with van der Waals surface area (Å²) in [5, 5.41) is 20.0. The Bertz CT molecular complexity index is 1130. The number of carbonyl (C=O) groups is 2. The second-order valence-corrected chi connectivity index (χ2v) is 8.06. The number of thiophene rings is 1. The molecule has 0 unspecified atom stereocenters. The van der Waals surface area contributed by atoms with Crippen LogP contribution in [0.3, 0.4) is 0 Å². The molecular formula is C21H18ClN3O3S. The van der Waals surface area contributed by atoms with E-state index < -0.39 is 12.0 Å². The number of hydrogen-bond donors (Lipinski definition) is 1. The van der Waals surface area contributed by atoms with Crippen molar-refractivity contribution in [2.75, 3.05) is 0 Å². The van der Waals surface area contributed by atoms with Crippen LogP contribution in [0, 0.1) is 6.92 Å². The molecule has 29 heavy (non-hydrogen) atoms. The maximum absolute atomic E-state index is 12.8. The molecule has 1 aromatic carbocycles. The molecule has 6 nitrogen and oxygen atoms in total. The Hall–Kier alpha value is -2.77. The largest absolute Gasteiger partial charge is 0.481 e. The summed E-state index contributed by atoms with van der Waals surface area (Å²) in [5.41, 5.74) is 4.28. The highest BCUT2D eigenvalue weighted by Crippen LogP contribution is 2.38. The molecule has 8 heteroatoms. The normalized spacial score (nSPS) is 16.3. The van der Waals surface area contributed by atoms with E-state index >= 15 is 0 Å². The van der Waals surface area contributed by atoms with Crippen molar-refractivity contribution in [1.82, 2.24) is 9.99 Å². The Kier molecular flexibility index (Phi) is 5.34. The van der Waals surface area contributed by atoms with Crippen molar-refractivity contribution < 1.29 is 14.7 Å². The quantitative estimate of drug-likeness (QED) is 0.593. The summed E-state index contributed by atoms with van der Waals surface area (Å²) in [5.74, 6) is -1.36. The van der Waals surface area contributed by atoms with Gasteiger partial charge < -0.3 is 5.11 Å². The molecule has 0 saturated carbocycles. The number of carbonyl (C=O) groups excluding carboxylic acids is 1. The minimum absolute atomic E-state index is 0.121. The van der Waals surface area contributed by atoms with E-state index in [0.29, 0.717) is 17.1 Å². The van der Waals surface area contributed by atoms with Gasteiger partial charge in [-0.2, -0.15) is 16.4 Å². The molecule has 0 aliphatic carbocycles. The third kappa shape index (κ3) is 3.88. The van der Waals surface area contributed by atoms with Crippen LogP contribution in [0.25, 0.3) is 10.9 Å². The molecule has 0 radical (unpaired) electrons. The van der Waals surface area contributed by atoms with Crippen molar-refractivity contribution in [3.63, 3.8) is 0 Å². The van der Waals surface area contributed by atoms with E-state index in [9.17, 15) is 9.59 Å². The van der Waals surface area contributed by atoms with Gasteiger partial charge in [-0.05, 0) is 35.4 Å². The summed E-state index contributed by atoms with van der Waals surface area (Å²) < 4.78 is 0. The predicted molar refractivity (Wildman–Crippen MR) is 113 cm³/mol. The number of hydrazone groups is 1. The topological polar surface area (TPSA) is 82.9 Å². The lowest BCUT2D eigenvalue weighted by molar-refractivity contribution is -0.141. The lowest BCUT2D eigenvalue weighted by Crippen LogP contribution is -2.27. The zero-order valence-electron chi connectivity index (χ0n) is 15.6. The molecule has 1 aliphatic rings. The fraction of sp³-hybridized carbons (Fsp3) is 0.238. The van der Waals surface area contributed by atoms with Crippen LogP contribution in [0.5, 0.6) is 0 Å². The van der Waals surface area contributed by atoms with Crippen molar-refractivity contribution in [2.45, 2.75) is 32.2 Å². The number of halogens is 1. The number of aliphatic carboxylic acids is 1. The van der Waals surface area contributed by atoms with Gasteiger partial charge in [-0.25, -0.2) is 9.99 Å². The van der Waals surface area contributed by atoms with E-state index in [1.807, 2.05) is 48.0 Å². The van der Waals surface area contributed by atoms with E-state index in [1.54, 1.807) is 11.3 Å². The highest BCUT2D eigenvalue weighted by atomic mass is 35.5.